The second kappa shape index (κ2) is 9.57. The average molecular weight is 418 g/mol. The minimum absolute atomic E-state index is 0.0790. The molecule has 1 N–H and O–H groups in total. The number of thioether (sulfide) groups is 1. The maximum Gasteiger partial charge on any atom is 0.230 e. The Morgan fingerprint density at radius 3 is 2.79 bits per heavy atom. The van der Waals surface area contributed by atoms with Crippen LogP contribution in [0.25, 0.3) is 5.69 Å². The van der Waals surface area contributed by atoms with Crippen molar-refractivity contribution in [3.05, 3.63) is 58.6 Å². The van der Waals surface area contributed by atoms with Crippen molar-refractivity contribution in [1.29, 1.82) is 0 Å². The van der Waals surface area contributed by atoms with Crippen LogP contribution in [0.5, 0.6) is 5.75 Å². The van der Waals surface area contributed by atoms with E-state index < -0.39 is 0 Å². The van der Waals surface area contributed by atoms with Crippen molar-refractivity contribution in [2.24, 2.45) is 0 Å². The molecule has 3 rings (SSSR count). The number of tetrazole rings is 1. The van der Waals surface area contributed by atoms with Crippen molar-refractivity contribution >= 4 is 29.3 Å². The number of nitrogens with one attached hydrogen (secondary N) is 1. The highest BCUT2D eigenvalue weighted by molar-refractivity contribution is 7.99. The molecular weight excluding hydrogens is 398 g/mol. The normalized spacial score (nSPS) is 10.7. The number of hydrogen-bond acceptors (Lipinski definition) is 6. The number of nitrogens with zero attached hydrogens (tertiary/aromatic N) is 4. The third kappa shape index (κ3) is 5.24. The van der Waals surface area contributed by atoms with Crippen LogP contribution in [-0.4, -0.2) is 45.5 Å². The summed E-state index contributed by atoms with van der Waals surface area (Å²) in [5.41, 5.74) is 2.91. The lowest BCUT2D eigenvalue weighted by Crippen LogP contribution is -2.27. The number of methoxy groups -OCH3 is 1. The molecule has 0 aliphatic carbocycles. The molecule has 28 heavy (non-hydrogen) atoms. The minimum Gasteiger partial charge on any atom is -0.494 e. The number of aromatic nitrogens is 4. The van der Waals surface area contributed by atoms with E-state index in [1.807, 2.05) is 49.4 Å². The Hall–Kier alpha value is -2.58. The summed E-state index contributed by atoms with van der Waals surface area (Å²) in [5, 5.41) is 15.9. The van der Waals surface area contributed by atoms with Crippen molar-refractivity contribution in [3.8, 4) is 11.4 Å². The van der Waals surface area contributed by atoms with Gasteiger partial charge in [-0.15, -0.1) is 5.10 Å². The molecule has 0 aliphatic rings. The van der Waals surface area contributed by atoms with E-state index >= 15 is 0 Å². The first-order valence-corrected chi connectivity index (χ1v) is 10.0. The van der Waals surface area contributed by atoms with E-state index in [0.29, 0.717) is 22.5 Å². The van der Waals surface area contributed by atoms with Crippen LogP contribution in [0.4, 0.5) is 0 Å². The molecule has 0 fully saturated rings. The monoisotopic (exact) mass is 417 g/mol. The lowest BCUT2D eigenvalue weighted by molar-refractivity contribution is -0.118. The summed E-state index contributed by atoms with van der Waals surface area (Å²) in [6.07, 6.45) is 0.742. The van der Waals surface area contributed by atoms with E-state index in [1.54, 1.807) is 11.8 Å². The molecule has 0 atom stereocenters. The van der Waals surface area contributed by atoms with Gasteiger partial charge in [-0.05, 0) is 59.2 Å². The van der Waals surface area contributed by atoms with Gasteiger partial charge >= 0.3 is 0 Å². The number of aryl methyl sites for hydroxylation is 1. The van der Waals surface area contributed by atoms with E-state index in [-0.39, 0.29) is 11.7 Å². The van der Waals surface area contributed by atoms with Crippen LogP contribution in [0.3, 0.4) is 0 Å². The fraction of sp³-hybridized carbons (Fsp3) is 0.263. The second-order valence-electron chi connectivity index (χ2n) is 6.06. The standard InChI is InChI=1S/C19H20ClN5O2S/c1-13-3-8-17(27-2)16(11-13)25-19(22-23-24-25)28-12-18(26)21-10-9-14-4-6-15(20)7-5-14/h3-8,11H,9-10,12H2,1-2H3,(H,21,26). The van der Waals surface area contributed by atoms with Crippen molar-refractivity contribution in [2.45, 2.75) is 18.5 Å². The Morgan fingerprint density at radius 1 is 1.25 bits per heavy atom. The molecule has 2 aromatic carbocycles. The third-order valence-electron chi connectivity index (χ3n) is 3.98. The van der Waals surface area contributed by atoms with Crippen LogP contribution >= 0.6 is 23.4 Å². The van der Waals surface area contributed by atoms with Gasteiger partial charge in [-0.3, -0.25) is 4.79 Å². The van der Waals surface area contributed by atoms with Gasteiger partial charge in [0.05, 0.1) is 12.9 Å². The largest absolute Gasteiger partial charge is 0.494 e. The zero-order valence-corrected chi connectivity index (χ0v) is 17.1. The van der Waals surface area contributed by atoms with Crippen LogP contribution in [0.2, 0.25) is 5.02 Å². The van der Waals surface area contributed by atoms with Crippen LogP contribution in [0.1, 0.15) is 11.1 Å². The lowest BCUT2D eigenvalue weighted by Gasteiger charge is -2.10. The fourth-order valence-electron chi connectivity index (χ4n) is 2.56. The summed E-state index contributed by atoms with van der Waals surface area (Å²) in [4.78, 5) is 12.2. The van der Waals surface area contributed by atoms with Crippen LogP contribution in [0.15, 0.2) is 47.6 Å². The second-order valence-corrected chi connectivity index (χ2v) is 7.44. The maximum atomic E-state index is 12.2. The molecule has 0 radical (unpaired) electrons. The van der Waals surface area contributed by atoms with Gasteiger partial charge in [-0.25, -0.2) is 0 Å². The fourth-order valence-corrected chi connectivity index (χ4v) is 3.40. The number of amides is 1. The highest BCUT2D eigenvalue weighted by atomic mass is 35.5. The molecule has 9 heteroatoms. The Bertz CT molecular complexity index is 946. The third-order valence-corrected chi connectivity index (χ3v) is 5.16. The molecule has 1 amide bonds. The van der Waals surface area contributed by atoms with Crippen LogP contribution in [0, 0.1) is 6.92 Å². The molecule has 0 unspecified atom stereocenters. The number of hydrogen-bond donors (Lipinski definition) is 1. The quantitative estimate of drug-likeness (QED) is 0.567. The van der Waals surface area contributed by atoms with Gasteiger partial charge in [0, 0.05) is 11.6 Å². The highest BCUT2D eigenvalue weighted by Crippen LogP contribution is 2.26. The van der Waals surface area contributed by atoms with Gasteiger partial charge < -0.3 is 10.1 Å². The first-order chi connectivity index (χ1) is 13.6. The predicted molar refractivity (Wildman–Crippen MR) is 109 cm³/mol. The summed E-state index contributed by atoms with van der Waals surface area (Å²) in [7, 11) is 1.60. The van der Waals surface area contributed by atoms with Gasteiger partial charge in [-0.1, -0.05) is 41.6 Å². The maximum absolute atomic E-state index is 12.2. The molecule has 0 saturated heterocycles. The number of halogens is 1. The summed E-state index contributed by atoms with van der Waals surface area (Å²) in [5.74, 6) is 0.798. The van der Waals surface area contributed by atoms with Crippen molar-refractivity contribution in [2.75, 3.05) is 19.4 Å². The number of benzene rings is 2. The van der Waals surface area contributed by atoms with Gasteiger partial charge in [-0.2, -0.15) is 4.68 Å². The van der Waals surface area contributed by atoms with Crippen molar-refractivity contribution in [3.63, 3.8) is 0 Å². The highest BCUT2D eigenvalue weighted by Gasteiger charge is 2.15. The van der Waals surface area contributed by atoms with E-state index in [4.69, 9.17) is 16.3 Å². The van der Waals surface area contributed by atoms with E-state index in [1.165, 1.54) is 11.8 Å². The van der Waals surface area contributed by atoms with E-state index in [9.17, 15) is 4.79 Å². The van der Waals surface area contributed by atoms with Crippen LogP contribution < -0.4 is 10.1 Å². The van der Waals surface area contributed by atoms with Gasteiger partial charge in [0.1, 0.15) is 11.4 Å². The topological polar surface area (TPSA) is 81.9 Å². The molecule has 0 saturated carbocycles. The van der Waals surface area contributed by atoms with Crippen molar-refractivity contribution < 1.29 is 9.53 Å². The number of carbonyl (C=O) groups is 1. The van der Waals surface area contributed by atoms with Gasteiger partial charge in [0.2, 0.25) is 11.1 Å². The minimum atomic E-state index is -0.0790. The molecule has 0 aliphatic heterocycles. The molecule has 1 aromatic heterocycles. The first-order valence-electron chi connectivity index (χ1n) is 8.64. The summed E-state index contributed by atoms with van der Waals surface area (Å²) in [6.45, 7) is 2.53. The Balaban J connectivity index is 1.55. The molecule has 3 aromatic rings. The summed E-state index contributed by atoms with van der Waals surface area (Å²) in [6, 6.07) is 13.3. The van der Waals surface area contributed by atoms with Crippen molar-refractivity contribution in [1.82, 2.24) is 25.5 Å². The first kappa shape index (κ1) is 20.2. The molecular formula is C19H20ClN5O2S. The molecule has 0 spiro atoms. The molecule has 0 bridgehead atoms. The molecule has 146 valence electrons. The summed E-state index contributed by atoms with van der Waals surface area (Å²) < 4.78 is 6.97. The van der Waals surface area contributed by atoms with Gasteiger partial charge in [0.15, 0.2) is 0 Å². The van der Waals surface area contributed by atoms with E-state index in [2.05, 4.69) is 20.8 Å². The van der Waals surface area contributed by atoms with Gasteiger partial charge in [0.25, 0.3) is 0 Å². The molecule has 1 heterocycles. The predicted octanol–water partition coefficient (Wildman–Crippen LogP) is 3.08. The number of rotatable bonds is 8. The Kier molecular flexibility index (Phi) is 6.89. The van der Waals surface area contributed by atoms with E-state index in [0.717, 1.165) is 23.2 Å². The molecule has 7 nitrogen and oxygen atoms in total. The number of ether oxygens (including phenoxy) is 1. The average Bonchev–Trinajstić information content (AvgIpc) is 3.16. The summed E-state index contributed by atoms with van der Waals surface area (Å²) >= 11 is 7.14. The van der Waals surface area contributed by atoms with Crippen LogP contribution in [-0.2, 0) is 11.2 Å². The smallest absolute Gasteiger partial charge is 0.230 e. The SMILES string of the molecule is COc1ccc(C)cc1-n1nnnc1SCC(=O)NCCc1ccc(Cl)cc1. The zero-order valence-electron chi connectivity index (χ0n) is 15.6. The Morgan fingerprint density at radius 2 is 2.04 bits per heavy atom. The lowest BCUT2D eigenvalue weighted by atomic mass is 10.1. The Labute approximate surface area is 172 Å². The zero-order chi connectivity index (χ0) is 19.9. The number of carbonyl (C=O) groups excluding carboxylic acids is 1.